The van der Waals surface area contributed by atoms with E-state index in [4.69, 9.17) is 0 Å². The van der Waals surface area contributed by atoms with E-state index in [0.717, 1.165) is 16.5 Å². The van der Waals surface area contributed by atoms with Gasteiger partial charge in [-0.15, -0.1) is 0 Å². The molecule has 0 amide bonds. The molecule has 1 aliphatic rings. The van der Waals surface area contributed by atoms with Crippen molar-refractivity contribution < 1.29 is 8.42 Å². The summed E-state index contributed by atoms with van der Waals surface area (Å²) in [5, 5.41) is 11.2. The predicted molar refractivity (Wildman–Crippen MR) is 106 cm³/mol. The topological polar surface area (TPSA) is 64.4 Å². The van der Waals surface area contributed by atoms with Crippen molar-refractivity contribution in [3.63, 3.8) is 0 Å². The SMILES string of the molecule is N#Cc1ccccc1N1CCN(S(=O)(=O)c2ccc3ccccc3c2)CC1. The molecule has 1 heterocycles. The van der Waals surface area contributed by atoms with E-state index >= 15 is 0 Å². The minimum atomic E-state index is -3.53. The zero-order valence-corrected chi connectivity index (χ0v) is 15.6. The van der Waals surface area contributed by atoms with Gasteiger partial charge in [0.1, 0.15) is 6.07 Å². The number of hydrogen-bond acceptors (Lipinski definition) is 4. The summed E-state index contributed by atoms with van der Waals surface area (Å²) < 4.78 is 27.6. The molecule has 0 spiro atoms. The van der Waals surface area contributed by atoms with Gasteiger partial charge in [-0.2, -0.15) is 9.57 Å². The van der Waals surface area contributed by atoms with Gasteiger partial charge in [0.2, 0.25) is 10.0 Å². The Hall–Kier alpha value is -2.88. The van der Waals surface area contributed by atoms with Crippen molar-refractivity contribution in [2.45, 2.75) is 4.90 Å². The Morgan fingerprint density at radius 1 is 0.815 bits per heavy atom. The lowest BCUT2D eigenvalue weighted by molar-refractivity contribution is 0.385. The molecule has 27 heavy (non-hydrogen) atoms. The van der Waals surface area contributed by atoms with Crippen molar-refractivity contribution in [1.82, 2.24) is 4.31 Å². The van der Waals surface area contributed by atoms with Crippen molar-refractivity contribution in [3.05, 3.63) is 72.3 Å². The average molecular weight is 377 g/mol. The van der Waals surface area contributed by atoms with Crippen LogP contribution in [0.4, 0.5) is 5.69 Å². The molecule has 1 fully saturated rings. The maximum atomic E-state index is 13.1. The normalized spacial score (nSPS) is 15.6. The third kappa shape index (κ3) is 3.27. The minimum Gasteiger partial charge on any atom is -0.368 e. The standard InChI is InChI=1S/C21H19N3O2S/c22-16-19-7-3-4-8-21(19)23-11-13-24(14-12-23)27(25,26)20-10-9-17-5-1-2-6-18(17)15-20/h1-10,15H,11-14H2. The highest BCUT2D eigenvalue weighted by molar-refractivity contribution is 7.89. The molecule has 5 nitrogen and oxygen atoms in total. The largest absolute Gasteiger partial charge is 0.368 e. The van der Waals surface area contributed by atoms with Crippen LogP contribution in [0.5, 0.6) is 0 Å². The van der Waals surface area contributed by atoms with Crippen LogP contribution in [0.25, 0.3) is 10.8 Å². The van der Waals surface area contributed by atoms with Crippen molar-refractivity contribution in [2.75, 3.05) is 31.1 Å². The third-order valence-corrected chi connectivity index (χ3v) is 6.86. The van der Waals surface area contributed by atoms with E-state index in [1.165, 1.54) is 4.31 Å². The van der Waals surface area contributed by atoms with Crippen molar-refractivity contribution in [3.8, 4) is 6.07 Å². The van der Waals surface area contributed by atoms with Gasteiger partial charge in [-0.05, 0) is 35.0 Å². The molecule has 0 saturated carbocycles. The zero-order valence-electron chi connectivity index (χ0n) is 14.7. The Balaban J connectivity index is 1.55. The summed E-state index contributed by atoms with van der Waals surface area (Å²) in [6.45, 7) is 1.92. The fourth-order valence-corrected chi connectivity index (χ4v) is 4.95. The van der Waals surface area contributed by atoms with E-state index in [0.29, 0.717) is 36.6 Å². The molecular formula is C21H19N3O2S. The quantitative estimate of drug-likeness (QED) is 0.703. The number of fused-ring (bicyclic) bond motifs is 1. The van der Waals surface area contributed by atoms with Crippen LogP contribution in [-0.2, 0) is 10.0 Å². The molecule has 0 aliphatic carbocycles. The molecule has 3 aromatic carbocycles. The summed E-state index contributed by atoms with van der Waals surface area (Å²) in [5.74, 6) is 0. The highest BCUT2D eigenvalue weighted by Gasteiger charge is 2.29. The zero-order chi connectivity index (χ0) is 18.9. The predicted octanol–water partition coefficient (Wildman–Crippen LogP) is 3.22. The van der Waals surface area contributed by atoms with Gasteiger partial charge < -0.3 is 4.90 Å². The van der Waals surface area contributed by atoms with Crippen LogP contribution in [0.15, 0.2) is 71.6 Å². The molecule has 0 bridgehead atoms. The monoisotopic (exact) mass is 377 g/mol. The number of para-hydroxylation sites is 1. The highest BCUT2D eigenvalue weighted by atomic mass is 32.2. The smallest absolute Gasteiger partial charge is 0.243 e. The molecule has 1 saturated heterocycles. The fourth-order valence-electron chi connectivity index (χ4n) is 3.49. The Kier molecular flexibility index (Phi) is 4.56. The van der Waals surface area contributed by atoms with E-state index in [1.54, 1.807) is 18.2 Å². The number of rotatable bonds is 3. The minimum absolute atomic E-state index is 0.326. The van der Waals surface area contributed by atoms with E-state index in [2.05, 4.69) is 11.0 Å². The molecule has 0 radical (unpaired) electrons. The van der Waals surface area contributed by atoms with Crippen molar-refractivity contribution >= 4 is 26.5 Å². The number of anilines is 1. The van der Waals surface area contributed by atoms with Crippen LogP contribution in [0.1, 0.15) is 5.56 Å². The summed E-state index contributed by atoms with van der Waals surface area (Å²) in [6, 6.07) is 22.6. The van der Waals surface area contributed by atoms with E-state index in [-0.39, 0.29) is 0 Å². The maximum absolute atomic E-state index is 13.1. The molecule has 1 aliphatic heterocycles. The van der Waals surface area contributed by atoms with Crippen LogP contribution in [0.3, 0.4) is 0 Å². The van der Waals surface area contributed by atoms with Crippen LogP contribution >= 0.6 is 0 Å². The first-order valence-electron chi connectivity index (χ1n) is 8.82. The summed E-state index contributed by atoms with van der Waals surface area (Å²) in [7, 11) is -3.53. The lowest BCUT2D eigenvalue weighted by Gasteiger charge is -2.35. The highest BCUT2D eigenvalue weighted by Crippen LogP contribution is 2.25. The Morgan fingerprint density at radius 2 is 1.48 bits per heavy atom. The lowest BCUT2D eigenvalue weighted by atomic mass is 10.1. The van der Waals surface area contributed by atoms with Gasteiger partial charge in [-0.3, -0.25) is 0 Å². The van der Waals surface area contributed by atoms with Crippen molar-refractivity contribution in [1.29, 1.82) is 5.26 Å². The van der Waals surface area contributed by atoms with Crippen LogP contribution in [0, 0.1) is 11.3 Å². The Bertz CT molecular complexity index is 1130. The lowest BCUT2D eigenvalue weighted by Crippen LogP contribution is -2.48. The van der Waals surface area contributed by atoms with Gasteiger partial charge in [0, 0.05) is 26.2 Å². The fraction of sp³-hybridized carbons (Fsp3) is 0.190. The van der Waals surface area contributed by atoms with Crippen LogP contribution in [-0.4, -0.2) is 38.9 Å². The average Bonchev–Trinajstić information content (AvgIpc) is 2.73. The number of hydrogen-bond donors (Lipinski definition) is 0. The third-order valence-electron chi connectivity index (χ3n) is 4.96. The second kappa shape index (κ2) is 7.03. The van der Waals surface area contributed by atoms with Gasteiger partial charge in [-0.1, -0.05) is 42.5 Å². The van der Waals surface area contributed by atoms with E-state index in [1.807, 2.05) is 48.5 Å². The van der Waals surface area contributed by atoms with Crippen LogP contribution in [0.2, 0.25) is 0 Å². The summed E-state index contributed by atoms with van der Waals surface area (Å²) in [4.78, 5) is 2.40. The maximum Gasteiger partial charge on any atom is 0.243 e. The molecule has 6 heteroatoms. The molecule has 136 valence electrons. The van der Waals surface area contributed by atoms with Gasteiger partial charge in [0.15, 0.2) is 0 Å². The second-order valence-electron chi connectivity index (χ2n) is 6.53. The number of nitrogens with zero attached hydrogens (tertiary/aromatic N) is 3. The summed E-state index contributed by atoms with van der Waals surface area (Å²) in [6.07, 6.45) is 0. The van der Waals surface area contributed by atoms with E-state index < -0.39 is 10.0 Å². The molecule has 3 aromatic rings. The molecule has 0 aromatic heterocycles. The number of benzene rings is 3. The first-order chi connectivity index (χ1) is 13.1. The molecule has 4 rings (SSSR count). The van der Waals surface area contributed by atoms with Crippen molar-refractivity contribution in [2.24, 2.45) is 0 Å². The number of piperazine rings is 1. The van der Waals surface area contributed by atoms with Crippen LogP contribution < -0.4 is 4.90 Å². The van der Waals surface area contributed by atoms with Gasteiger partial charge in [0.05, 0.1) is 16.1 Å². The second-order valence-corrected chi connectivity index (χ2v) is 8.47. The van der Waals surface area contributed by atoms with Gasteiger partial charge in [-0.25, -0.2) is 8.42 Å². The first-order valence-corrected chi connectivity index (χ1v) is 10.3. The Morgan fingerprint density at radius 3 is 2.22 bits per heavy atom. The van der Waals surface area contributed by atoms with Gasteiger partial charge >= 0.3 is 0 Å². The molecule has 0 unspecified atom stereocenters. The summed E-state index contributed by atoms with van der Waals surface area (Å²) in [5.41, 5.74) is 1.48. The molecule has 0 atom stereocenters. The van der Waals surface area contributed by atoms with E-state index in [9.17, 15) is 13.7 Å². The Labute approximate surface area is 159 Å². The number of sulfonamides is 1. The summed E-state index contributed by atoms with van der Waals surface area (Å²) >= 11 is 0. The first kappa shape index (κ1) is 17.5. The molecular weight excluding hydrogens is 358 g/mol. The van der Waals surface area contributed by atoms with Gasteiger partial charge in [0.25, 0.3) is 0 Å². The molecule has 0 N–H and O–H groups in total. The number of nitriles is 1.